The normalized spacial score (nSPS) is 11.1. The quantitative estimate of drug-likeness (QED) is 0.494. The molecule has 4 N–H and O–H groups in total. The van der Waals surface area contributed by atoms with E-state index in [0.717, 1.165) is 29.4 Å². The van der Waals surface area contributed by atoms with Gasteiger partial charge < -0.3 is 21.1 Å². The summed E-state index contributed by atoms with van der Waals surface area (Å²) in [7, 11) is 0. The lowest BCUT2D eigenvalue weighted by Gasteiger charge is -2.15. The smallest absolute Gasteiger partial charge is 0.248 e. The van der Waals surface area contributed by atoms with E-state index in [2.05, 4.69) is 34.7 Å². The van der Waals surface area contributed by atoms with Gasteiger partial charge in [-0.3, -0.25) is 4.79 Å². The monoisotopic (exact) mass is 368 g/mol. The molecule has 0 saturated carbocycles. The van der Waals surface area contributed by atoms with Crippen molar-refractivity contribution >= 4 is 11.9 Å². The average molecular weight is 368 g/mol. The Hall–Kier alpha value is -3.02. The molecule has 0 bridgehead atoms. The zero-order valence-electron chi connectivity index (χ0n) is 16.2. The third-order valence-electron chi connectivity index (χ3n) is 3.97. The van der Waals surface area contributed by atoms with E-state index in [-0.39, 0.29) is 0 Å². The number of benzene rings is 2. The minimum absolute atomic E-state index is 0.428. The number of nitrogens with two attached hydrogens (primary N) is 1. The number of aliphatic imine (C=N–C) groups is 1. The number of nitrogens with one attached hydrogen (secondary N) is 2. The molecule has 1 amide bonds. The highest BCUT2D eigenvalue weighted by Gasteiger charge is 2.06. The van der Waals surface area contributed by atoms with Gasteiger partial charge in [0.1, 0.15) is 5.75 Å². The molecule has 0 aliphatic rings. The molecule has 0 aromatic heterocycles. The fourth-order valence-corrected chi connectivity index (χ4v) is 2.56. The van der Waals surface area contributed by atoms with E-state index in [1.807, 2.05) is 32.0 Å². The predicted octanol–water partition coefficient (Wildman–Crippen LogP) is 2.75. The molecule has 0 spiro atoms. The van der Waals surface area contributed by atoms with Crippen LogP contribution in [0.5, 0.6) is 5.75 Å². The first-order valence-electron chi connectivity index (χ1n) is 9.16. The van der Waals surface area contributed by atoms with Crippen LogP contribution in [0.4, 0.5) is 0 Å². The molecule has 0 saturated heterocycles. The van der Waals surface area contributed by atoms with Crippen LogP contribution in [0.2, 0.25) is 0 Å². The number of carbonyl (C=O) groups is 1. The molecular weight excluding hydrogens is 340 g/mol. The zero-order chi connectivity index (χ0) is 19.6. The standard InChI is InChI=1S/C21H28N4O2/c1-4-23-21(24-13-16-7-10-17(11-8-16)20(22)26)25-14-18-9-6-15(3)12-19(18)27-5-2/h6-12H,4-5,13-14H2,1-3H3,(H2,22,26)(H2,23,24,25). The van der Waals surface area contributed by atoms with Crippen molar-refractivity contribution in [1.29, 1.82) is 0 Å². The Balaban J connectivity index is 2.04. The molecule has 2 aromatic carbocycles. The lowest BCUT2D eigenvalue weighted by Crippen LogP contribution is -2.36. The maximum Gasteiger partial charge on any atom is 0.248 e. The molecule has 6 heteroatoms. The third kappa shape index (κ3) is 6.33. The summed E-state index contributed by atoms with van der Waals surface area (Å²) in [5.74, 6) is 1.19. The summed E-state index contributed by atoms with van der Waals surface area (Å²) in [6.45, 7) is 8.56. The lowest BCUT2D eigenvalue weighted by atomic mass is 10.1. The molecule has 0 aliphatic heterocycles. The molecule has 144 valence electrons. The molecule has 0 unspecified atom stereocenters. The number of hydrogen-bond acceptors (Lipinski definition) is 3. The van der Waals surface area contributed by atoms with Gasteiger partial charge in [0.05, 0.1) is 13.2 Å². The molecule has 27 heavy (non-hydrogen) atoms. The van der Waals surface area contributed by atoms with Crippen molar-refractivity contribution in [2.24, 2.45) is 10.7 Å². The minimum atomic E-state index is -0.428. The molecule has 0 aliphatic carbocycles. The van der Waals surface area contributed by atoms with Crippen molar-refractivity contribution in [3.63, 3.8) is 0 Å². The highest BCUT2D eigenvalue weighted by Crippen LogP contribution is 2.20. The van der Waals surface area contributed by atoms with E-state index in [9.17, 15) is 4.79 Å². The van der Waals surface area contributed by atoms with E-state index in [4.69, 9.17) is 10.5 Å². The number of carbonyl (C=O) groups excluding carboxylic acids is 1. The zero-order valence-corrected chi connectivity index (χ0v) is 16.2. The van der Waals surface area contributed by atoms with E-state index in [1.165, 1.54) is 5.56 Å². The second-order valence-electron chi connectivity index (χ2n) is 6.15. The third-order valence-corrected chi connectivity index (χ3v) is 3.97. The molecule has 0 radical (unpaired) electrons. The molecule has 0 atom stereocenters. The van der Waals surface area contributed by atoms with Crippen LogP contribution in [0.3, 0.4) is 0 Å². The number of primary amides is 1. The van der Waals surface area contributed by atoms with Gasteiger partial charge in [-0.2, -0.15) is 0 Å². The lowest BCUT2D eigenvalue weighted by molar-refractivity contribution is 0.100. The summed E-state index contributed by atoms with van der Waals surface area (Å²) in [6.07, 6.45) is 0. The van der Waals surface area contributed by atoms with Crippen molar-refractivity contribution in [2.75, 3.05) is 13.2 Å². The maximum absolute atomic E-state index is 11.1. The number of hydrogen-bond donors (Lipinski definition) is 3. The first kappa shape index (κ1) is 20.3. The molecule has 2 aromatic rings. The number of nitrogens with zero attached hydrogens (tertiary/aromatic N) is 1. The van der Waals surface area contributed by atoms with Crippen molar-refractivity contribution in [1.82, 2.24) is 10.6 Å². The van der Waals surface area contributed by atoms with Crippen LogP contribution in [-0.4, -0.2) is 25.0 Å². The maximum atomic E-state index is 11.1. The Morgan fingerprint density at radius 1 is 1.11 bits per heavy atom. The van der Waals surface area contributed by atoms with Gasteiger partial charge in [-0.05, 0) is 50.1 Å². The number of rotatable bonds is 8. The van der Waals surface area contributed by atoms with Crippen molar-refractivity contribution < 1.29 is 9.53 Å². The van der Waals surface area contributed by atoms with Crippen molar-refractivity contribution in [2.45, 2.75) is 33.9 Å². The SMILES string of the molecule is CCNC(=NCc1ccc(C(N)=O)cc1)NCc1ccc(C)cc1OCC. The number of amides is 1. The molecule has 6 nitrogen and oxygen atoms in total. The Morgan fingerprint density at radius 2 is 1.85 bits per heavy atom. The highest BCUT2D eigenvalue weighted by molar-refractivity contribution is 5.92. The van der Waals surface area contributed by atoms with Crippen LogP contribution in [-0.2, 0) is 13.1 Å². The number of guanidine groups is 1. The first-order valence-corrected chi connectivity index (χ1v) is 9.16. The molecule has 0 fully saturated rings. The van der Waals surface area contributed by atoms with Gasteiger partial charge in [-0.25, -0.2) is 4.99 Å². The van der Waals surface area contributed by atoms with Gasteiger partial charge in [0.25, 0.3) is 0 Å². The van der Waals surface area contributed by atoms with E-state index >= 15 is 0 Å². The second kappa shape index (κ2) is 10.2. The van der Waals surface area contributed by atoms with Gasteiger partial charge in [-0.15, -0.1) is 0 Å². The average Bonchev–Trinajstić information content (AvgIpc) is 2.65. The van der Waals surface area contributed by atoms with Crippen LogP contribution < -0.4 is 21.1 Å². The van der Waals surface area contributed by atoms with Gasteiger partial charge in [0.2, 0.25) is 5.91 Å². The fraction of sp³-hybridized carbons (Fsp3) is 0.333. The van der Waals surface area contributed by atoms with E-state index in [0.29, 0.717) is 25.3 Å². The van der Waals surface area contributed by atoms with E-state index in [1.54, 1.807) is 12.1 Å². The summed E-state index contributed by atoms with van der Waals surface area (Å²) in [6, 6.07) is 13.3. The van der Waals surface area contributed by atoms with Gasteiger partial charge in [-0.1, -0.05) is 24.3 Å². The number of ether oxygens (including phenoxy) is 1. The summed E-state index contributed by atoms with van der Waals surface area (Å²) in [5.41, 5.74) is 9.02. The largest absolute Gasteiger partial charge is 0.494 e. The highest BCUT2D eigenvalue weighted by atomic mass is 16.5. The van der Waals surface area contributed by atoms with Crippen molar-refractivity contribution in [3.05, 3.63) is 64.7 Å². The van der Waals surface area contributed by atoms with Gasteiger partial charge >= 0.3 is 0 Å². The van der Waals surface area contributed by atoms with Crippen molar-refractivity contribution in [3.8, 4) is 5.75 Å². The fourth-order valence-electron chi connectivity index (χ4n) is 2.56. The molecular formula is C21H28N4O2. The summed E-state index contributed by atoms with van der Waals surface area (Å²) in [4.78, 5) is 15.7. The Kier molecular flexibility index (Phi) is 7.67. The number of aryl methyl sites for hydroxylation is 1. The Labute approximate surface area is 160 Å². The van der Waals surface area contributed by atoms with Crippen LogP contribution in [0.25, 0.3) is 0 Å². The predicted molar refractivity (Wildman–Crippen MR) is 109 cm³/mol. The van der Waals surface area contributed by atoms with Crippen LogP contribution >= 0.6 is 0 Å². The summed E-state index contributed by atoms with van der Waals surface area (Å²) < 4.78 is 5.73. The molecule has 0 heterocycles. The minimum Gasteiger partial charge on any atom is -0.494 e. The second-order valence-corrected chi connectivity index (χ2v) is 6.15. The Morgan fingerprint density at radius 3 is 2.48 bits per heavy atom. The van der Waals surface area contributed by atoms with Crippen LogP contribution in [0, 0.1) is 6.92 Å². The van der Waals surface area contributed by atoms with Crippen LogP contribution in [0.15, 0.2) is 47.5 Å². The molecule has 2 rings (SSSR count). The summed E-state index contributed by atoms with van der Waals surface area (Å²) in [5, 5.41) is 6.58. The first-order chi connectivity index (χ1) is 13.0. The van der Waals surface area contributed by atoms with Gasteiger partial charge in [0.15, 0.2) is 5.96 Å². The van der Waals surface area contributed by atoms with E-state index < -0.39 is 5.91 Å². The van der Waals surface area contributed by atoms with Gasteiger partial charge in [0, 0.05) is 24.2 Å². The summed E-state index contributed by atoms with van der Waals surface area (Å²) >= 11 is 0. The topological polar surface area (TPSA) is 88.7 Å². The Bertz CT molecular complexity index is 785. The van der Waals surface area contributed by atoms with Crippen LogP contribution in [0.1, 0.15) is 40.9 Å².